The van der Waals surface area contributed by atoms with Crippen molar-refractivity contribution < 1.29 is 0 Å². The molecule has 100 valence electrons. The predicted octanol–water partition coefficient (Wildman–Crippen LogP) is 4.34. The van der Waals surface area contributed by atoms with Crippen molar-refractivity contribution in [3.63, 3.8) is 0 Å². The molecule has 2 rings (SSSR count). The van der Waals surface area contributed by atoms with E-state index in [1.165, 1.54) is 5.56 Å². The third-order valence-corrected chi connectivity index (χ3v) is 4.47. The summed E-state index contributed by atoms with van der Waals surface area (Å²) in [5, 5.41) is 0. The van der Waals surface area contributed by atoms with Gasteiger partial charge in [0.15, 0.2) is 0 Å². The van der Waals surface area contributed by atoms with Crippen molar-refractivity contribution in [2.45, 2.75) is 17.7 Å². The summed E-state index contributed by atoms with van der Waals surface area (Å²) in [4.78, 5) is 1.15. The summed E-state index contributed by atoms with van der Waals surface area (Å²) in [7, 11) is 0. The van der Waals surface area contributed by atoms with Crippen LogP contribution in [0.5, 0.6) is 0 Å². The summed E-state index contributed by atoms with van der Waals surface area (Å²) in [6.45, 7) is 0. The van der Waals surface area contributed by atoms with E-state index in [4.69, 9.17) is 11.5 Å². The molecule has 0 saturated carbocycles. The summed E-state index contributed by atoms with van der Waals surface area (Å²) in [6.07, 6.45) is 2.20. The summed E-state index contributed by atoms with van der Waals surface area (Å²) in [5.74, 6) is 1.06. The van der Waals surface area contributed by atoms with Gasteiger partial charge in [-0.3, -0.25) is 0 Å². The van der Waals surface area contributed by atoms with E-state index in [0.29, 0.717) is 0 Å². The topological polar surface area (TPSA) is 52.0 Å². The van der Waals surface area contributed by atoms with Gasteiger partial charge in [-0.1, -0.05) is 28.1 Å². The van der Waals surface area contributed by atoms with Crippen molar-refractivity contribution in [1.82, 2.24) is 0 Å². The van der Waals surface area contributed by atoms with Crippen LogP contribution in [0, 0.1) is 0 Å². The third-order valence-electron chi connectivity index (χ3n) is 2.82. The van der Waals surface area contributed by atoms with Gasteiger partial charge in [0.25, 0.3) is 0 Å². The highest BCUT2D eigenvalue weighted by molar-refractivity contribution is 9.10. The molecular formula is C15H17BrN2S. The molecule has 2 aromatic carbocycles. The highest BCUT2D eigenvalue weighted by atomic mass is 79.9. The number of thioether (sulfide) groups is 1. The van der Waals surface area contributed by atoms with Gasteiger partial charge in [0.05, 0.1) is 0 Å². The van der Waals surface area contributed by atoms with E-state index in [1.54, 1.807) is 11.8 Å². The number of nitrogen functional groups attached to an aromatic ring is 2. The number of hydrogen-bond acceptors (Lipinski definition) is 3. The SMILES string of the molecule is Nc1ccc(CCCSc2cc(Br)ccc2N)cc1. The Hall–Kier alpha value is -1.13. The van der Waals surface area contributed by atoms with Gasteiger partial charge in [-0.15, -0.1) is 11.8 Å². The Balaban J connectivity index is 1.80. The summed E-state index contributed by atoms with van der Waals surface area (Å²) >= 11 is 5.27. The first-order valence-corrected chi connectivity index (χ1v) is 7.95. The van der Waals surface area contributed by atoms with Gasteiger partial charge in [0.1, 0.15) is 0 Å². The Morgan fingerprint density at radius 3 is 2.47 bits per heavy atom. The highest BCUT2D eigenvalue weighted by Gasteiger charge is 2.01. The lowest BCUT2D eigenvalue weighted by Gasteiger charge is -2.06. The fourth-order valence-electron chi connectivity index (χ4n) is 1.78. The molecule has 0 bridgehead atoms. The van der Waals surface area contributed by atoms with E-state index in [2.05, 4.69) is 34.1 Å². The molecular weight excluding hydrogens is 320 g/mol. The first kappa shape index (κ1) is 14.3. The standard InChI is InChI=1S/C15H17BrN2S/c16-12-5-8-14(18)15(10-12)19-9-1-2-11-3-6-13(17)7-4-11/h3-8,10H,1-2,9,17-18H2. The number of nitrogens with two attached hydrogens (primary N) is 2. The van der Waals surface area contributed by atoms with E-state index >= 15 is 0 Å². The molecule has 0 unspecified atom stereocenters. The van der Waals surface area contributed by atoms with Crippen LogP contribution in [0.15, 0.2) is 51.8 Å². The van der Waals surface area contributed by atoms with Gasteiger partial charge in [-0.05, 0) is 54.5 Å². The van der Waals surface area contributed by atoms with Crippen LogP contribution in [-0.4, -0.2) is 5.75 Å². The number of hydrogen-bond donors (Lipinski definition) is 2. The van der Waals surface area contributed by atoms with Crippen LogP contribution in [0.2, 0.25) is 0 Å². The second-order valence-corrected chi connectivity index (χ2v) is 6.43. The lowest BCUT2D eigenvalue weighted by atomic mass is 10.1. The van der Waals surface area contributed by atoms with E-state index in [9.17, 15) is 0 Å². The van der Waals surface area contributed by atoms with Crippen LogP contribution in [0.4, 0.5) is 11.4 Å². The van der Waals surface area contributed by atoms with Gasteiger partial charge < -0.3 is 11.5 Å². The molecule has 4 heteroatoms. The van der Waals surface area contributed by atoms with Crippen LogP contribution in [-0.2, 0) is 6.42 Å². The molecule has 0 aliphatic carbocycles. The molecule has 0 saturated heterocycles. The first-order valence-electron chi connectivity index (χ1n) is 6.17. The average molecular weight is 337 g/mol. The Bertz CT molecular complexity index is 540. The molecule has 0 aliphatic rings. The number of halogens is 1. The van der Waals surface area contributed by atoms with Gasteiger partial charge in [0.2, 0.25) is 0 Å². The highest BCUT2D eigenvalue weighted by Crippen LogP contribution is 2.28. The van der Waals surface area contributed by atoms with Gasteiger partial charge in [0, 0.05) is 20.7 Å². The van der Waals surface area contributed by atoms with E-state index in [-0.39, 0.29) is 0 Å². The molecule has 0 aromatic heterocycles. The minimum absolute atomic E-state index is 0.819. The van der Waals surface area contributed by atoms with Crippen molar-refractivity contribution in [2.75, 3.05) is 17.2 Å². The lowest BCUT2D eigenvalue weighted by molar-refractivity contribution is 0.933. The minimum Gasteiger partial charge on any atom is -0.399 e. The molecule has 2 aromatic rings. The fraction of sp³-hybridized carbons (Fsp3) is 0.200. The van der Waals surface area contributed by atoms with Crippen molar-refractivity contribution >= 4 is 39.1 Å². The summed E-state index contributed by atoms with van der Waals surface area (Å²) in [5.41, 5.74) is 14.6. The largest absolute Gasteiger partial charge is 0.399 e. The van der Waals surface area contributed by atoms with E-state index < -0.39 is 0 Å². The van der Waals surface area contributed by atoms with Crippen molar-refractivity contribution in [1.29, 1.82) is 0 Å². The monoisotopic (exact) mass is 336 g/mol. The predicted molar refractivity (Wildman–Crippen MR) is 88.5 cm³/mol. The van der Waals surface area contributed by atoms with Crippen LogP contribution < -0.4 is 11.5 Å². The molecule has 0 radical (unpaired) electrons. The van der Waals surface area contributed by atoms with E-state index in [1.807, 2.05) is 24.3 Å². The lowest BCUT2D eigenvalue weighted by Crippen LogP contribution is -1.92. The molecule has 0 fully saturated rings. The maximum atomic E-state index is 5.94. The number of rotatable bonds is 5. The number of aryl methyl sites for hydroxylation is 1. The fourth-order valence-corrected chi connectivity index (χ4v) is 3.24. The quantitative estimate of drug-likeness (QED) is 0.485. The normalized spacial score (nSPS) is 10.6. The second kappa shape index (κ2) is 6.87. The maximum Gasteiger partial charge on any atom is 0.0453 e. The van der Waals surface area contributed by atoms with Crippen LogP contribution in [0.3, 0.4) is 0 Å². The molecule has 2 nitrogen and oxygen atoms in total. The Kier molecular flexibility index (Phi) is 5.16. The summed E-state index contributed by atoms with van der Waals surface area (Å²) in [6, 6.07) is 14.1. The zero-order chi connectivity index (χ0) is 13.7. The van der Waals surface area contributed by atoms with Crippen molar-refractivity contribution in [3.8, 4) is 0 Å². The molecule has 4 N–H and O–H groups in total. The van der Waals surface area contributed by atoms with Crippen molar-refractivity contribution in [3.05, 3.63) is 52.5 Å². The molecule has 0 amide bonds. The van der Waals surface area contributed by atoms with E-state index in [0.717, 1.165) is 39.3 Å². The van der Waals surface area contributed by atoms with Gasteiger partial charge in [-0.2, -0.15) is 0 Å². The molecule has 0 spiro atoms. The number of benzene rings is 2. The van der Waals surface area contributed by atoms with Gasteiger partial charge in [-0.25, -0.2) is 0 Å². The Labute approximate surface area is 126 Å². The molecule has 0 heterocycles. The third kappa shape index (κ3) is 4.48. The Morgan fingerprint density at radius 1 is 1.00 bits per heavy atom. The average Bonchev–Trinajstić information content (AvgIpc) is 2.40. The first-order chi connectivity index (χ1) is 9.15. The Morgan fingerprint density at radius 2 is 1.74 bits per heavy atom. The van der Waals surface area contributed by atoms with Crippen LogP contribution >= 0.6 is 27.7 Å². The molecule has 0 atom stereocenters. The second-order valence-electron chi connectivity index (χ2n) is 4.38. The van der Waals surface area contributed by atoms with Crippen LogP contribution in [0.25, 0.3) is 0 Å². The molecule has 0 aliphatic heterocycles. The van der Waals surface area contributed by atoms with Gasteiger partial charge >= 0.3 is 0 Å². The zero-order valence-electron chi connectivity index (χ0n) is 10.6. The maximum absolute atomic E-state index is 5.94. The van der Waals surface area contributed by atoms with Crippen molar-refractivity contribution in [2.24, 2.45) is 0 Å². The minimum atomic E-state index is 0.819. The smallest absolute Gasteiger partial charge is 0.0453 e. The summed E-state index contributed by atoms with van der Waals surface area (Å²) < 4.78 is 1.07. The molecule has 19 heavy (non-hydrogen) atoms. The number of anilines is 2. The zero-order valence-corrected chi connectivity index (χ0v) is 13.0. The van der Waals surface area contributed by atoms with Crippen LogP contribution in [0.1, 0.15) is 12.0 Å².